The smallest absolute Gasteiger partial charge is 0.144 e. The molecule has 0 aromatic carbocycles. The second-order valence-electron chi connectivity index (χ2n) is 6.61. The van der Waals surface area contributed by atoms with Gasteiger partial charge in [-0.15, -0.1) is 11.3 Å². The van der Waals surface area contributed by atoms with Crippen molar-refractivity contribution in [1.82, 2.24) is 4.90 Å². The molecule has 0 bridgehead atoms. The summed E-state index contributed by atoms with van der Waals surface area (Å²) in [5.74, 6) is 0.996. The van der Waals surface area contributed by atoms with Crippen LogP contribution in [0.5, 0.6) is 0 Å². The quantitative estimate of drug-likeness (QED) is 0.739. The van der Waals surface area contributed by atoms with E-state index < -0.39 is 0 Å². The number of rotatable bonds is 7. The number of hydrogen-bond donors (Lipinski definition) is 0. The minimum atomic E-state index is -0.229. The Balaban J connectivity index is 2.39. The summed E-state index contributed by atoms with van der Waals surface area (Å²) in [6.07, 6.45) is 7.98. The Hall–Kier alpha value is -0.670. The standard InChI is InChI=1S/C18H29NOS/c1-4-16(20)18(12-13-19(2)3,17-11-8-14-21-17)15-9-6-5-7-10-15/h8,11,14-15H,4-7,9-10,12-13H2,1-3H3/t18-/m0/s1. The fraction of sp³-hybridized carbons (Fsp3) is 0.722. The third-order valence-electron chi connectivity index (χ3n) is 5.04. The van der Waals surface area contributed by atoms with Crippen molar-refractivity contribution in [2.24, 2.45) is 5.92 Å². The Labute approximate surface area is 133 Å². The van der Waals surface area contributed by atoms with Crippen LogP contribution in [0.4, 0.5) is 0 Å². The fourth-order valence-electron chi connectivity index (χ4n) is 3.88. The van der Waals surface area contributed by atoms with Crippen molar-refractivity contribution in [3.63, 3.8) is 0 Å². The van der Waals surface area contributed by atoms with E-state index in [1.807, 2.05) is 6.92 Å². The second-order valence-corrected chi connectivity index (χ2v) is 7.56. The van der Waals surface area contributed by atoms with E-state index in [0.717, 1.165) is 13.0 Å². The van der Waals surface area contributed by atoms with Crippen LogP contribution in [0.1, 0.15) is 56.7 Å². The Bertz CT molecular complexity index is 434. The molecular weight excluding hydrogens is 278 g/mol. The van der Waals surface area contributed by atoms with Crippen molar-refractivity contribution in [3.05, 3.63) is 22.4 Å². The first-order chi connectivity index (χ1) is 10.1. The van der Waals surface area contributed by atoms with Gasteiger partial charge in [-0.3, -0.25) is 4.79 Å². The number of thiophene rings is 1. The highest BCUT2D eigenvalue weighted by atomic mass is 32.1. The van der Waals surface area contributed by atoms with Crippen molar-refractivity contribution in [1.29, 1.82) is 0 Å². The van der Waals surface area contributed by atoms with E-state index in [0.29, 0.717) is 18.1 Å². The minimum Gasteiger partial charge on any atom is -0.309 e. The van der Waals surface area contributed by atoms with Crippen molar-refractivity contribution in [2.45, 2.75) is 57.3 Å². The third kappa shape index (κ3) is 3.57. The maximum Gasteiger partial charge on any atom is 0.144 e. The molecular formula is C18H29NOS. The minimum absolute atomic E-state index is 0.229. The van der Waals surface area contributed by atoms with Crippen LogP contribution >= 0.6 is 11.3 Å². The van der Waals surface area contributed by atoms with Gasteiger partial charge < -0.3 is 4.90 Å². The first-order valence-electron chi connectivity index (χ1n) is 8.33. The molecule has 3 heteroatoms. The van der Waals surface area contributed by atoms with Gasteiger partial charge in [0.05, 0.1) is 5.41 Å². The summed E-state index contributed by atoms with van der Waals surface area (Å²) >= 11 is 1.78. The van der Waals surface area contributed by atoms with E-state index in [-0.39, 0.29) is 5.41 Å². The molecule has 2 nitrogen and oxygen atoms in total. The van der Waals surface area contributed by atoms with Crippen molar-refractivity contribution in [3.8, 4) is 0 Å². The summed E-state index contributed by atoms with van der Waals surface area (Å²) in [5.41, 5.74) is -0.229. The highest BCUT2D eigenvalue weighted by Gasteiger charge is 2.46. The summed E-state index contributed by atoms with van der Waals surface area (Å²) < 4.78 is 0. The molecule has 1 fully saturated rings. The molecule has 21 heavy (non-hydrogen) atoms. The van der Waals surface area contributed by atoms with E-state index in [1.54, 1.807) is 11.3 Å². The lowest BCUT2D eigenvalue weighted by molar-refractivity contribution is -0.127. The van der Waals surface area contributed by atoms with Gasteiger partial charge in [-0.25, -0.2) is 0 Å². The summed E-state index contributed by atoms with van der Waals surface area (Å²) in [5, 5.41) is 2.13. The number of carbonyl (C=O) groups excluding carboxylic acids is 1. The van der Waals surface area contributed by atoms with Gasteiger partial charge in [0.15, 0.2) is 0 Å². The highest BCUT2D eigenvalue weighted by molar-refractivity contribution is 7.10. The number of nitrogens with zero attached hydrogens (tertiary/aromatic N) is 1. The Morgan fingerprint density at radius 1 is 1.33 bits per heavy atom. The zero-order valence-electron chi connectivity index (χ0n) is 13.7. The van der Waals surface area contributed by atoms with Crippen LogP contribution in [0, 0.1) is 5.92 Å². The van der Waals surface area contributed by atoms with Gasteiger partial charge in [-0.2, -0.15) is 0 Å². The van der Waals surface area contributed by atoms with Gasteiger partial charge in [0.1, 0.15) is 5.78 Å². The lowest BCUT2D eigenvalue weighted by Gasteiger charge is -2.41. The van der Waals surface area contributed by atoms with Crippen LogP contribution in [-0.4, -0.2) is 31.3 Å². The van der Waals surface area contributed by atoms with Gasteiger partial charge in [0, 0.05) is 11.3 Å². The molecule has 2 rings (SSSR count). The number of Topliss-reactive ketones (excluding diaryl/α,β-unsaturated/α-hetero) is 1. The van der Waals surface area contributed by atoms with Crippen molar-refractivity contribution >= 4 is 17.1 Å². The van der Waals surface area contributed by atoms with E-state index in [4.69, 9.17) is 0 Å². The molecule has 0 radical (unpaired) electrons. The number of carbonyl (C=O) groups is 1. The molecule has 0 amide bonds. The van der Waals surface area contributed by atoms with Crippen LogP contribution < -0.4 is 0 Å². The average Bonchev–Trinajstić information content (AvgIpc) is 3.03. The summed E-state index contributed by atoms with van der Waals surface area (Å²) in [6, 6.07) is 4.30. The second kappa shape index (κ2) is 7.55. The highest BCUT2D eigenvalue weighted by Crippen LogP contribution is 2.46. The number of hydrogen-bond acceptors (Lipinski definition) is 3. The molecule has 1 atom stereocenters. The molecule has 0 saturated heterocycles. The molecule has 118 valence electrons. The fourth-order valence-corrected chi connectivity index (χ4v) is 4.93. The zero-order valence-corrected chi connectivity index (χ0v) is 14.5. The largest absolute Gasteiger partial charge is 0.309 e. The van der Waals surface area contributed by atoms with E-state index in [1.165, 1.54) is 37.0 Å². The maximum absolute atomic E-state index is 13.0. The molecule has 1 aromatic rings. The first kappa shape index (κ1) is 16.7. The van der Waals surface area contributed by atoms with Crippen molar-refractivity contribution in [2.75, 3.05) is 20.6 Å². The molecule has 0 unspecified atom stereocenters. The van der Waals surface area contributed by atoms with Gasteiger partial charge in [0.2, 0.25) is 0 Å². The van der Waals surface area contributed by atoms with Crippen molar-refractivity contribution < 1.29 is 4.79 Å². The topological polar surface area (TPSA) is 20.3 Å². The Morgan fingerprint density at radius 2 is 2.05 bits per heavy atom. The zero-order chi connectivity index (χ0) is 15.3. The van der Waals surface area contributed by atoms with E-state index in [2.05, 4.69) is 36.5 Å². The molecule has 0 spiro atoms. The molecule has 1 aliphatic rings. The van der Waals surface area contributed by atoms with Crippen LogP contribution in [0.3, 0.4) is 0 Å². The Kier molecular flexibility index (Phi) is 6.00. The molecule has 1 aliphatic carbocycles. The summed E-state index contributed by atoms with van der Waals surface area (Å²) in [4.78, 5) is 16.6. The first-order valence-corrected chi connectivity index (χ1v) is 9.21. The summed E-state index contributed by atoms with van der Waals surface area (Å²) in [7, 11) is 4.22. The predicted octanol–water partition coefficient (Wildman–Crippen LogP) is 4.50. The molecule has 1 heterocycles. The van der Waals surface area contributed by atoms with Crippen LogP contribution in [0.2, 0.25) is 0 Å². The lowest BCUT2D eigenvalue weighted by Crippen LogP contribution is -2.45. The molecule has 0 aliphatic heterocycles. The van der Waals surface area contributed by atoms with Gasteiger partial charge in [0.25, 0.3) is 0 Å². The normalized spacial score (nSPS) is 19.6. The van der Waals surface area contributed by atoms with Gasteiger partial charge >= 0.3 is 0 Å². The van der Waals surface area contributed by atoms with E-state index >= 15 is 0 Å². The monoisotopic (exact) mass is 307 g/mol. The Morgan fingerprint density at radius 3 is 2.57 bits per heavy atom. The number of ketones is 1. The van der Waals surface area contributed by atoms with Gasteiger partial charge in [-0.05, 0) is 57.3 Å². The predicted molar refractivity (Wildman–Crippen MR) is 91.0 cm³/mol. The average molecular weight is 308 g/mol. The SMILES string of the molecule is CCC(=O)[C@@](CCN(C)C)(c1cccs1)C1CCCCC1. The van der Waals surface area contributed by atoms with Crippen LogP contribution in [-0.2, 0) is 10.2 Å². The molecule has 0 N–H and O–H groups in total. The van der Waals surface area contributed by atoms with Gasteiger partial charge in [-0.1, -0.05) is 32.3 Å². The summed E-state index contributed by atoms with van der Waals surface area (Å²) in [6.45, 7) is 3.02. The molecule has 1 aromatic heterocycles. The van der Waals surface area contributed by atoms with E-state index in [9.17, 15) is 4.79 Å². The van der Waals surface area contributed by atoms with Crippen LogP contribution in [0.25, 0.3) is 0 Å². The molecule has 1 saturated carbocycles. The maximum atomic E-state index is 13.0. The third-order valence-corrected chi connectivity index (χ3v) is 6.08. The lowest BCUT2D eigenvalue weighted by atomic mass is 9.63. The van der Waals surface area contributed by atoms with Crippen LogP contribution in [0.15, 0.2) is 17.5 Å².